The van der Waals surface area contributed by atoms with Crippen LogP contribution in [0.4, 0.5) is 11.4 Å². The average Bonchev–Trinajstić information content (AvgIpc) is 2.96. The number of amides is 2. The van der Waals surface area contributed by atoms with Gasteiger partial charge in [-0.1, -0.05) is 66.2 Å². The summed E-state index contributed by atoms with van der Waals surface area (Å²) in [4.78, 5) is 50.5. The van der Waals surface area contributed by atoms with Crippen molar-refractivity contribution in [3.8, 4) is 0 Å². The second-order valence-corrected chi connectivity index (χ2v) is 9.80. The van der Waals surface area contributed by atoms with Crippen molar-refractivity contribution in [2.75, 3.05) is 11.1 Å². The Morgan fingerprint density at radius 2 is 1.55 bits per heavy atom. The number of nitrogens with zero attached hydrogens (tertiary/aromatic N) is 1. The highest BCUT2D eigenvalue weighted by Gasteiger charge is 2.18. The number of anilines is 1. The van der Waals surface area contributed by atoms with Crippen molar-refractivity contribution in [1.82, 2.24) is 5.32 Å². The Morgan fingerprint density at radius 1 is 0.850 bits per heavy atom. The van der Waals surface area contributed by atoms with Gasteiger partial charge in [0.1, 0.15) is 5.70 Å². The minimum absolute atomic E-state index is 0.0160. The highest BCUT2D eigenvalue weighted by atomic mass is 32.2. The first-order valence-electron chi connectivity index (χ1n) is 12.3. The van der Waals surface area contributed by atoms with E-state index in [0.29, 0.717) is 16.8 Å². The van der Waals surface area contributed by atoms with Crippen LogP contribution >= 0.6 is 11.8 Å². The summed E-state index contributed by atoms with van der Waals surface area (Å²) in [6, 6.07) is 28.6. The lowest BCUT2D eigenvalue weighted by atomic mass is 10.1. The maximum atomic E-state index is 13.3. The predicted octanol–water partition coefficient (Wildman–Crippen LogP) is 6.29. The number of nitrogens with one attached hydrogen (secondary N) is 2. The number of Topliss-reactive ketones (excluding diaryl/α,β-unsaturated/α-hetero) is 1. The second kappa shape index (κ2) is 13.2. The molecule has 9 heteroatoms. The minimum Gasteiger partial charge on any atom is -0.321 e. The fraction of sp³-hybridized carbons (Fsp3) is 0.0645. The van der Waals surface area contributed by atoms with E-state index in [4.69, 9.17) is 0 Å². The molecule has 0 radical (unpaired) electrons. The molecular formula is C31H25N3O5S. The molecular weight excluding hydrogens is 526 g/mol. The number of carbonyl (C=O) groups excluding carboxylic acids is 3. The van der Waals surface area contributed by atoms with Crippen molar-refractivity contribution in [3.05, 3.63) is 141 Å². The number of hydrogen-bond donors (Lipinski definition) is 2. The Kier molecular flexibility index (Phi) is 9.22. The first-order chi connectivity index (χ1) is 19.3. The van der Waals surface area contributed by atoms with E-state index in [1.165, 1.54) is 36.0 Å². The lowest BCUT2D eigenvalue weighted by Gasteiger charge is -2.12. The van der Waals surface area contributed by atoms with Crippen LogP contribution in [0, 0.1) is 17.0 Å². The summed E-state index contributed by atoms with van der Waals surface area (Å²) < 4.78 is 0. The van der Waals surface area contributed by atoms with Gasteiger partial charge in [0.2, 0.25) is 0 Å². The van der Waals surface area contributed by atoms with Crippen molar-refractivity contribution < 1.29 is 19.3 Å². The maximum Gasteiger partial charge on any atom is 0.276 e. The summed E-state index contributed by atoms with van der Waals surface area (Å²) >= 11 is 1.33. The van der Waals surface area contributed by atoms with Gasteiger partial charge in [0.15, 0.2) is 5.78 Å². The van der Waals surface area contributed by atoms with E-state index in [1.807, 2.05) is 25.1 Å². The van der Waals surface area contributed by atoms with Crippen LogP contribution in [0.15, 0.2) is 114 Å². The van der Waals surface area contributed by atoms with Gasteiger partial charge in [-0.2, -0.15) is 0 Å². The molecule has 0 aromatic heterocycles. The monoisotopic (exact) mass is 551 g/mol. The molecule has 40 heavy (non-hydrogen) atoms. The molecule has 0 bridgehead atoms. The predicted molar refractivity (Wildman–Crippen MR) is 156 cm³/mol. The number of benzene rings is 4. The van der Waals surface area contributed by atoms with Crippen molar-refractivity contribution in [2.24, 2.45) is 0 Å². The molecule has 0 saturated carbocycles. The van der Waals surface area contributed by atoms with Crippen LogP contribution in [0.2, 0.25) is 0 Å². The number of carbonyl (C=O) groups is 3. The van der Waals surface area contributed by atoms with Gasteiger partial charge >= 0.3 is 0 Å². The molecule has 200 valence electrons. The lowest BCUT2D eigenvalue weighted by molar-refractivity contribution is -0.385. The SMILES string of the molecule is Cc1ccc(C(=O)CSc2cccc(NC(=O)/C(=C/c3ccccc3[N+](=O)[O-])NC(=O)c3ccccc3)c2)cc1. The third-order valence-corrected chi connectivity index (χ3v) is 6.79. The zero-order chi connectivity index (χ0) is 28.5. The number of hydrogen-bond acceptors (Lipinski definition) is 6. The third kappa shape index (κ3) is 7.52. The van der Waals surface area contributed by atoms with Gasteiger partial charge in [0.05, 0.1) is 16.2 Å². The van der Waals surface area contributed by atoms with Gasteiger partial charge in [0, 0.05) is 27.8 Å². The molecule has 4 aromatic carbocycles. The smallest absolute Gasteiger partial charge is 0.276 e. The van der Waals surface area contributed by atoms with E-state index in [1.54, 1.807) is 66.7 Å². The Hall–Kier alpha value is -5.02. The van der Waals surface area contributed by atoms with Crippen LogP contribution in [0.3, 0.4) is 0 Å². The van der Waals surface area contributed by atoms with Gasteiger partial charge in [-0.3, -0.25) is 24.5 Å². The summed E-state index contributed by atoms with van der Waals surface area (Å²) in [5, 5.41) is 16.8. The van der Waals surface area contributed by atoms with Crippen molar-refractivity contribution in [3.63, 3.8) is 0 Å². The fourth-order valence-corrected chi connectivity index (χ4v) is 4.56. The van der Waals surface area contributed by atoms with Gasteiger partial charge in [-0.15, -0.1) is 11.8 Å². The molecule has 0 aliphatic rings. The van der Waals surface area contributed by atoms with Crippen LogP contribution in [0.1, 0.15) is 31.8 Å². The molecule has 0 atom stereocenters. The number of thioether (sulfide) groups is 1. The number of nitro benzene ring substituents is 1. The molecule has 4 aromatic rings. The van der Waals surface area contributed by atoms with Gasteiger partial charge < -0.3 is 10.6 Å². The highest BCUT2D eigenvalue weighted by Crippen LogP contribution is 2.24. The molecule has 0 saturated heterocycles. The maximum absolute atomic E-state index is 13.3. The number of rotatable bonds is 10. The van der Waals surface area contributed by atoms with E-state index >= 15 is 0 Å². The Labute approximate surface area is 235 Å². The summed E-state index contributed by atoms with van der Waals surface area (Å²) in [6.45, 7) is 1.96. The van der Waals surface area contributed by atoms with E-state index in [-0.39, 0.29) is 28.5 Å². The number of ketones is 1. The second-order valence-electron chi connectivity index (χ2n) is 8.75. The van der Waals surface area contributed by atoms with Crippen LogP contribution in [-0.4, -0.2) is 28.3 Å². The Bertz CT molecular complexity index is 1580. The lowest BCUT2D eigenvalue weighted by Crippen LogP contribution is -2.30. The van der Waals surface area contributed by atoms with Gasteiger partial charge in [-0.05, 0) is 49.4 Å². The normalized spacial score (nSPS) is 11.0. The average molecular weight is 552 g/mol. The zero-order valence-electron chi connectivity index (χ0n) is 21.5. The molecule has 0 unspecified atom stereocenters. The van der Waals surface area contributed by atoms with Crippen LogP contribution in [0.25, 0.3) is 6.08 Å². The van der Waals surface area contributed by atoms with Crippen molar-refractivity contribution in [1.29, 1.82) is 0 Å². The molecule has 8 nitrogen and oxygen atoms in total. The van der Waals surface area contributed by atoms with Crippen molar-refractivity contribution >= 4 is 46.8 Å². The van der Waals surface area contributed by atoms with E-state index < -0.39 is 16.7 Å². The molecule has 0 spiro atoms. The van der Waals surface area contributed by atoms with Gasteiger partial charge in [-0.25, -0.2) is 0 Å². The molecule has 0 aliphatic carbocycles. The topological polar surface area (TPSA) is 118 Å². The van der Waals surface area contributed by atoms with E-state index in [2.05, 4.69) is 10.6 Å². The molecule has 0 fully saturated rings. The number of para-hydroxylation sites is 1. The minimum atomic E-state index is -0.666. The zero-order valence-corrected chi connectivity index (χ0v) is 22.3. The van der Waals surface area contributed by atoms with Crippen LogP contribution in [-0.2, 0) is 4.79 Å². The molecule has 0 aliphatic heterocycles. The Balaban J connectivity index is 1.53. The van der Waals surface area contributed by atoms with Crippen LogP contribution < -0.4 is 10.6 Å². The largest absolute Gasteiger partial charge is 0.321 e. The third-order valence-electron chi connectivity index (χ3n) is 5.80. The van der Waals surface area contributed by atoms with Crippen LogP contribution in [0.5, 0.6) is 0 Å². The first-order valence-corrected chi connectivity index (χ1v) is 13.2. The summed E-state index contributed by atoms with van der Waals surface area (Å²) in [7, 11) is 0. The van der Waals surface area contributed by atoms with Gasteiger partial charge in [0.25, 0.3) is 17.5 Å². The standard InChI is InChI=1S/C31H25N3O5S/c1-21-14-16-22(17-15-21)29(35)20-40-26-12-7-11-25(19-26)32-31(37)27(33-30(36)23-8-3-2-4-9-23)18-24-10-5-6-13-28(24)34(38)39/h2-19H,20H2,1H3,(H,32,37)(H,33,36)/b27-18-. The highest BCUT2D eigenvalue weighted by molar-refractivity contribution is 8.00. The van der Waals surface area contributed by atoms with E-state index in [9.17, 15) is 24.5 Å². The quantitative estimate of drug-likeness (QED) is 0.0786. The number of nitro groups is 1. The first kappa shape index (κ1) is 28.0. The summed E-state index contributed by atoms with van der Waals surface area (Å²) in [6.07, 6.45) is 1.27. The Morgan fingerprint density at radius 3 is 2.27 bits per heavy atom. The fourth-order valence-electron chi connectivity index (χ4n) is 3.71. The summed E-state index contributed by atoms with van der Waals surface area (Å²) in [5.41, 5.74) is 2.23. The molecule has 2 N–H and O–H groups in total. The molecule has 0 heterocycles. The summed E-state index contributed by atoms with van der Waals surface area (Å²) in [5.74, 6) is -1.01. The van der Waals surface area contributed by atoms with E-state index in [0.717, 1.165) is 10.5 Å². The number of aryl methyl sites for hydroxylation is 1. The van der Waals surface area contributed by atoms with Crippen molar-refractivity contribution in [2.45, 2.75) is 11.8 Å². The molecule has 4 rings (SSSR count). The molecule has 2 amide bonds.